The van der Waals surface area contributed by atoms with E-state index in [1.165, 1.54) is 31.0 Å². The Labute approximate surface area is 215 Å². The minimum atomic E-state index is -5.02. The van der Waals surface area contributed by atoms with Crippen LogP contribution in [0.15, 0.2) is 36.4 Å². The van der Waals surface area contributed by atoms with Crippen molar-refractivity contribution in [2.45, 2.75) is 57.2 Å². The number of carbonyl (C=O) groups is 1. The smallest absolute Gasteiger partial charge is 0.321 e. The van der Waals surface area contributed by atoms with Crippen molar-refractivity contribution in [2.24, 2.45) is 0 Å². The molecule has 1 fully saturated rings. The Kier molecular flexibility index (Phi) is 8.95. The third kappa shape index (κ3) is 6.75. The second-order valence-electron chi connectivity index (χ2n) is 9.48. The van der Waals surface area contributed by atoms with Gasteiger partial charge in [0.1, 0.15) is 12.5 Å². The number of hydrogen-bond acceptors (Lipinski definition) is 2. The third-order valence-electron chi connectivity index (χ3n) is 6.94. The lowest BCUT2D eigenvalue weighted by Crippen LogP contribution is -2.51. The predicted molar refractivity (Wildman–Crippen MR) is 126 cm³/mol. The van der Waals surface area contributed by atoms with Crippen LogP contribution in [0, 0.1) is 12.7 Å². The predicted octanol–water partition coefficient (Wildman–Crippen LogP) is 7.05. The van der Waals surface area contributed by atoms with Crippen LogP contribution in [0.3, 0.4) is 0 Å². The van der Waals surface area contributed by atoms with Gasteiger partial charge in [-0.25, -0.2) is 13.6 Å². The molecule has 1 N–H and O–H groups in total. The lowest BCUT2D eigenvalue weighted by molar-refractivity contribution is -0.143. The molecule has 0 aromatic heterocycles. The van der Waals surface area contributed by atoms with Crippen LogP contribution in [0.25, 0.3) is 0 Å². The van der Waals surface area contributed by atoms with Gasteiger partial charge in [0, 0.05) is 26.2 Å². The van der Waals surface area contributed by atoms with Crippen molar-refractivity contribution in [1.29, 1.82) is 0 Å². The number of hydrogen-bond donors (Lipinski definition) is 1. The van der Waals surface area contributed by atoms with Gasteiger partial charge in [-0.05, 0) is 73.7 Å². The minimum Gasteiger partial charge on any atom is -0.321 e. The van der Waals surface area contributed by atoms with Crippen molar-refractivity contribution < 1.29 is 39.9 Å². The third-order valence-corrected chi connectivity index (χ3v) is 6.94. The summed E-state index contributed by atoms with van der Waals surface area (Å²) in [6, 6.07) is 2.89. The van der Waals surface area contributed by atoms with Crippen molar-refractivity contribution in [3.8, 4) is 0 Å². The van der Waals surface area contributed by atoms with Crippen LogP contribution in [0.4, 0.5) is 39.9 Å². The van der Waals surface area contributed by atoms with Crippen molar-refractivity contribution in [2.75, 3.05) is 26.8 Å². The van der Waals surface area contributed by atoms with E-state index in [4.69, 9.17) is 0 Å². The summed E-state index contributed by atoms with van der Waals surface area (Å²) in [4.78, 5) is 16.2. The summed E-state index contributed by atoms with van der Waals surface area (Å²) in [6.45, 7) is 2.74. The highest BCUT2D eigenvalue weighted by Gasteiger charge is 2.39. The maximum absolute atomic E-state index is 13.8. The molecule has 3 rings (SSSR count). The molecule has 0 bridgehead atoms. The first-order valence-corrected chi connectivity index (χ1v) is 12.0. The van der Waals surface area contributed by atoms with Crippen LogP contribution in [0.1, 0.15) is 59.7 Å². The summed E-state index contributed by atoms with van der Waals surface area (Å²) < 4.78 is 107. The highest BCUT2D eigenvalue weighted by molar-refractivity contribution is 5.75. The Balaban J connectivity index is 1.95. The molecule has 1 heterocycles. The number of urea groups is 1. The largest absolute Gasteiger partial charge is 0.416 e. The second kappa shape index (κ2) is 11.5. The molecule has 1 saturated heterocycles. The van der Waals surface area contributed by atoms with Gasteiger partial charge in [0.2, 0.25) is 0 Å². The van der Waals surface area contributed by atoms with Crippen LogP contribution in [-0.2, 0) is 12.4 Å². The van der Waals surface area contributed by atoms with Gasteiger partial charge < -0.3 is 15.1 Å². The number of carbonyl (C=O) groups excluding carboxylic acids is 1. The Morgan fingerprint density at radius 3 is 2.21 bits per heavy atom. The van der Waals surface area contributed by atoms with Gasteiger partial charge in [0.15, 0.2) is 0 Å². The average molecular weight is 552 g/mol. The Morgan fingerprint density at radius 1 is 1.08 bits per heavy atom. The van der Waals surface area contributed by atoms with E-state index in [-0.39, 0.29) is 30.8 Å². The SMILES string of the molecule is Cc1cc(F)ccc1[C@H]1C[C@@H](NCCF)CCN1C(=O)N(C)[C@H](C)c1cc(C(F)(F)F)cc(C(F)(F)F)c1. The Bertz CT molecular complexity index is 1100. The molecule has 1 aliphatic heterocycles. The molecule has 0 radical (unpaired) electrons. The molecule has 3 atom stereocenters. The monoisotopic (exact) mass is 551 g/mol. The fourth-order valence-electron chi connectivity index (χ4n) is 4.76. The minimum absolute atomic E-state index is 0.0422. The molecule has 0 unspecified atom stereocenters. The number of nitrogens with one attached hydrogen (secondary N) is 1. The van der Waals surface area contributed by atoms with Crippen LogP contribution >= 0.6 is 0 Å². The van der Waals surface area contributed by atoms with Crippen molar-refractivity contribution in [3.63, 3.8) is 0 Å². The van der Waals surface area contributed by atoms with Crippen molar-refractivity contribution >= 4 is 6.03 Å². The molecule has 210 valence electrons. The number of amides is 2. The summed E-state index contributed by atoms with van der Waals surface area (Å²) in [5.41, 5.74) is -2.03. The van der Waals surface area contributed by atoms with Gasteiger partial charge in [-0.1, -0.05) is 6.07 Å². The second-order valence-corrected chi connectivity index (χ2v) is 9.48. The van der Waals surface area contributed by atoms with Gasteiger partial charge in [-0.15, -0.1) is 0 Å². The quantitative estimate of drug-likeness (QED) is 0.391. The normalized spacial score (nSPS) is 19.4. The number of nitrogens with zero attached hydrogens (tertiary/aromatic N) is 2. The lowest BCUT2D eigenvalue weighted by Gasteiger charge is -2.43. The van der Waals surface area contributed by atoms with E-state index in [2.05, 4.69) is 5.32 Å². The summed E-state index contributed by atoms with van der Waals surface area (Å²) in [6.07, 6.45) is -9.22. The van der Waals surface area contributed by atoms with E-state index in [0.717, 1.165) is 4.90 Å². The molecule has 2 amide bonds. The summed E-state index contributed by atoms with van der Waals surface area (Å²) in [7, 11) is 1.31. The highest BCUT2D eigenvalue weighted by Crippen LogP contribution is 2.39. The van der Waals surface area contributed by atoms with Crippen molar-refractivity contribution in [1.82, 2.24) is 15.1 Å². The number of aryl methyl sites for hydroxylation is 1. The Hall–Kier alpha value is -2.89. The van der Waals surface area contributed by atoms with E-state index < -0.39 is 54.1 Å². The molecule has 0 saturated carbocycles. The number of benzene rings is 2. The van der Waals surface area contributed by atoms with Crippen molar-refractivity contribution in [3.05, 3.63) is 70.0 Å². The maximum atomic E-state index is 13.8. The lowest BCUT2D eigenvalue weighted by atomic mass is 9.89. The topological polar surface area (TPSA) is 35.6 Å². The fourth-order valence-corrected chi connectivity index (χ4v) is 4.76. The molecule has 4 nitrogen and oxygen atoms in total. The summed E-state index contributed by atoms with van der Waals surface area (Å²) in [5, 5.41) is 3.07. The van der Waals surface area contributed by atoms with Crippen LogP contribution in [-0.4, -0.2) is 48.7 Å². The first-order valence-electron chi connectivity index (χ1n) is 12.0. The van der Waals surface area contributed by atoms with Gasteiger partial charge in [0.05, 0.1) is 23.2 Å². The fraction of sp³-hybridized carbons (Fsp3) is 0.500. The van der Waals surface area contributed by atoms with E-state index >= 15 is 0 Å². The molecule has 2 aromatic rings. The van der Waals surface area contributed by atoms with E-state index in [1.807, 2.05) is 0 Å². The van der Waals surface area contributed by atoms with Crippen LogP contribution in [0.5, 0.6) is 0 Å². The first-order chi connectivity index (χ1) is 17.6. The summed E-state index contributed by atoms with van der Waals surface area (Å²) in [5.74, 6) is -0.470. The van der Waals surface area contributed by atoms with Gasteiger partial charge in [0.25, 0.3) is 0 Å². The van der Waals surface area contributed by atoms with Crippen LogP contribution < -0.4 is 5.32 Å². The molecule has 2 aromatic carbocycles. The molecule has 0 spiro atoms. The number of halogens is 8. The average Bonchev–Trinajstić information content (AvgIpc) is 2.84. The van der Waals surface area contributed by atoms with Gasteiger partial charge in [-0.3, -0.25) is 0 Å². The Morgan fingerprint density at radius 2 is 1.68 bits per heavy atom. The molecular weight excluding hydrogens is 522 g/mol. The molecule has 0 aliphatic carbocycles. The maximum Gasteiger partial charge on any atom is 0.416 e. The molecule has 38 heavy (non-hydrogen) atoms. The standard InChI is InChI=1S/C26H29F8N3O/c1-15-10-20(28)4-5-22(15)23-14-21(35-8-7-27)6-9-37(23)24(38)36(3)16(2)17-11-18(25(29,30)31)13-19(12-17)26(32,33)34/h4-5,10-13,16,21,23,35H,6-9,14H2,1-3H3/t16-,21+,23-/m1/s1. The summed E-state index contributed by atoms with van der Waals surface area (Å²) >= 11 is 0. The van der Waals surface area contributed by atoms with E-state index in [9.17, 15) is 39.9 Å². The zero-order valence-electron chi connectivity index (χ0n) is 21.1. The number of likely N-dealkylation sites (tertiary alicyclic amines) is 1. The van der Waals surface area contributed by atoms with E-state index in [1.54, 1.807) is 13.0 Å². The molecule has 1 aliphatic rings. The zero-order valence-corrected chi connectivity index (χ0v) is 21.1. The number of rotatable bonds is 6. The highest BCUT2D eigenvalue weighted by atomic mass is 19.4. The molecule has 12 heteroatoms. The molecular formula is C26H29F8N3O. The first kappa shape index (κ1) is 29.7. The zero-order chi connectivity index (χ0) is 28.4. The van der Waals surface area contributed by atoms with Crippen LogP contribution in [0.2, 0.25) is 0 Å². The van der Waals surface area contributed by atoms with E-state index in [0.29, 0.717) is 36.1 Å². The number of alkyl halides is 7. The van der Waals surface area contributed by atoms with Gasteiger partial charge >= 0.3 is 18.4 Å². The van der Waals surface area contributed by atoms with Gasteiger partial charge in [-0.2, -0.15) is 26.3 Å². The number of piperidine rings is 1.